The lowest BCUT2D eigenvalue weighted by molar-refractivity contribution is -0.368. The van der Waals surface area contributed by atoms with Crippen LogP contribution in [0, 0.1) is 5.92 Å². The zero-order valence-corrected chi connectivity index (χ0v) is 11.4. The molecule has 1 aliphatic rings. The second-order valence-electron chi connectivity index (χ2n) is 5.35. The minimum atomic E-state index is -0.191. The van der Waals surface area contributed by atoms with Crippen molar-refractivity contribution in [2.75, 3.05) is 13.7 Å². The van der Waals surface area contributed by atoms with E-state index in [9.17, 15) is 0 Å². The van der Waals surface area contributed by atoms with Gasteiger partial charge in [-0.1, -0.05) is 30.3 Å². The van der Waals surface area contributed by atoms with Crippen molar-refractivity contribution in [1.29, 1.82) is 0 Å². The molecule has 1 fully saturated rings. The Morgan fingerprint density at radius 3 is 2.67 bits per heavy atom. The predicted octanol–water partition coefficient (Wildman–Crippen LogP) is 2.99. The molecule has 2 atom stereocenters. The van der Waals surface area contributed by atoms with Crippen LogP contribution in [0.25, 0.3) is 0 Å². The lowest BCUT2D eigenvalue weighted by Gasteiger charge is -2.40. The molecular formula is C15H22O3. The molecule has 1 saturated heterocycles. The van der Waals surface area contributed by atoms with Gasteiger partial charge in [-0.2, -0.15) is 0 Å². The fraction of sp³-hybridized carbons (Fsp3) is 0.600. The average Bonchev–Trinajstić information content (AvgIpc) is 2.40. The van der Waals surface area contributed by atoms with Gasteiger partial charge in [0.1, 0.15) is 6.10 Å². The summed E-state index contributed by atoms with van der Waals surface area (Å²) in [5.41, 5.74) is 1.08. The van der Waals surface area contributed by atoms with Crippen molar-refractivity contribution >= 4 is 0 Å². The molecule has 0 bridgehead atoms. The highest BCUT2D eigenvalue weighted by Gasteiger charge is 2.39. The fourth-order valence-corrected chi connectivity index (χ4v) is 2.53. The van der Waals surface area contributed by atoms with Crippen LogP contribution in [0.15, 0.2) is 30.3 Å². The largest absolute Gasteiger partial charge is 0.378 e. The standard InChI is InChI=1S/C15H22O3/c1-15(2,16-3)13-9-10-17-18-14(13)11-12-7-5-4-6-8-12/h4-8,13-14H,9-11H2,1-3H3/t13-,14-/m1/s1. The van der Waals surface area contributed by atoms with E-state index in [1.54, 1.807) is 7.11 Å². The SMILES string of the molecule is COC(C)(C)[C@@H]1CCOO[C@@H]1Cc1ccccc1. The lowest BCUT2D eigenvalue weighted by Crippen LogP contribution is -2.46. The number of rotatable bonds is 4. The summed E-state index contributed by atoms with van der Waals surface area (Å²) >= 11 is 0. The van der Waals surface area contributed by atoms with Crippen LogP contribution in [0.3, 0.4) is 0 Å². The van der Waals surface area contributed by atoms with E-state index in [2.05, 4.69) is 38.1 Å². The highest BCUT2D eigenvalue weighted by atomic mass is 17.2. The third-order valence-corrected chi connectivity index (χ3v) is 3.85. The summed E-state index contributed by atoms with van der Waals surface area (Å²) in [6.07, 6.45) is 1.88. The first-order valence-corrected chi connectivity index (χ1v) is 6.51. The van der Waals surface area contributed by atoms with E-state index in [1.165, 1.54) is 5.56 Å². The van der Waals surface area contributed by atoms with E-state index in [0.717, 1.165) is 12.8 Å². The molecule has 1 heterocycles. The van der Waals surface area contributed by atoms with Crippen molar-refractivity contribution < 1.29 is 14.5 Å². The van der Waals surface area contributed by atoms with Crippen LogP contribution in [0.5, 0.6) is 0 Å². The van der Waals surface area contributed by atoms with Crippen molar-refractivity contribution in [3.8, 4) is 0 Å². The van der Waals surface area contributed by atoms with Crippen molar-refractivity contribution in [3.05, 3.63) is 35.9 Å². The average molecular weight is 250 g/mol. The summed E-state index contributed by atoms with van der Waals surface area (Å²) < 4.78 is 5.61. The molecule has 0 radical (unpaired) electrons. The van der Waals surface area contributed by atoms with Gasteiger partial charge in [0.15, 0.2) is 0 Å². The highest BCUT2D eigenvalue weighted by molar-refractivity contribution is 5.16. The Labute approximate surface area is 109 Å². The van der Waals surface area contributed by atoms with Crippen LogP contribution in [0.4, 0.5) is 0 Å². The molecule has 1 aliphatic heterocycles. The summed E-state index contributed by atoms with van der Waals surface area (Å²) in [6.45, 7) is 4.87. The molecule has 0 amide bonds. The van der Waals surface area contributed by atoms with Gasteiger partial charge in [-0.05, 0) is 25.8 Å². The van der Waals surface area contributed by atoms with Crippen LogP contribution < -0.4 is 0 Å². The highest BCUT2D eigenvalue weighted by Crippen LogP contribution is 2.33. The Morgan fingerprint density at radius 2 is 2.00 bits per heavy atom. The minimum Gasteiger partial charge on any atom is -0.378 e. The van der Waals surface area contributed by atoms with Gasteiger partial charge in [-0.3, -0.25) is 0 Å². The first-order valence-electron chi connectivity index (χ1n) is 6.51. The van der Waals surface area contributed by atoms with Crippen molar-refractivity contribution in [2.45, 2.75) is 38.4 Å². The van der Waals surface area contributed by atoms with Crippen LogP contribution in [-0.2, 0) is 20.9 Å². The van der Waals surface area contributed by atoms with E-state index >= 15 is 0 Å². The Kier molecular flexibility index (Phi) is 4.38. The van der Waals surface area contributed by atoms with Gasteiger partial charge in [0.05, 0.1) is 12.2 Å². The molecule has 0 spiro atoms. The number of methoxy groups -OCH3 is 1. The number of hydrogen-bond donors (Lipinski definition) is 0. The zero-order chi connectivity index (χ0) is 13.0. The maximum absolute atomic E-state index is 5.61. The van der Waals surface area contributed by atoms with Gasteiger partial charge < -0.3 is 4.74 Å². The summed E-state index contributed by atoms with van der Waals surface area (Å²) in [7, 11) is 1.76. The zero-order valence-electron chi connectivity index (χ0n) is 11.4. The minimum absolute atomic E-state index is 0.0519. The summed E-state index contributed by atoms with van der Waals surface area (Å²) in [5, 5.41) is 0. The molecule has 0 aliphatic carbocycles. The molecule has 3 nitrogen and oxygen atoms in total. The number of benzene rings is 1. The Hall–Kier alpha value is -0.900. The quantitative estimate of drug-likeness (QED) is 0.769. The van der Waals surface area contributed by atoms with Crippen LogP contribution >= 0.6 is 0 Å². The maximum atomic E-state index is 5.61. The first kappa shape index (κ1) is 13.5. The maximum Gasteiger partial charge on any atom is 0.103 e. The molecule has 0 N–H and O–H groups in total. The van der Waals surface area contributed by atoms with E-state index in [4.69, 9.17) is 14.5 Å². The van der Waals surface area contributed by atoms with Gasteiger partial charge in [0.2, 0.25) is 0 Å². The topological polar surface area (TPSA) is 27.7 Å². The van der Waals surface area contributed by atoms with Gasteiger partial charge in [0, 0.05) is 19.4 Å². The van der Waals surface area contributed by atoms with E-state index in [0.29, 0.717) is 12.5 Å². The normalized spacial score (nSPS) is 25.1. The predicted molar refractivity (Wildman–Crippen MR) is 70.2 cm³/mol. The van der Waals surface area contributed by atoms with Crippen molar-refractivity contribution in [3.63, 3.8) is 0 Å². The molecule has 2 rings (SSSR count). The van der Waals surface area contributed by atoms with Crippen molar-refractivity contribution in [2.24, 2.45) is 5.92 Å². The second kappa shape index (κ2) is 5.83. The molecule has 18 heavy (non-hydrogen) atoms. The number of ether oxygens (including phenoxy) is 1. The van der Waals surface area contributed by atoms with Gasteiger partial charge >= 0.3 is 0 Å². The van der Waals surface area contributed by atoms with Gasteiger partial charge in [0.25, 0.3) is 0 Å². The first-order chi connectivity index (χ1) is 8.63. The molecule has 0 unspecified atom stereocenters. The Balaban J connectivity index is 2.09. The van der Waals surface area contributed by atoms with Gasteiger partial charge in [-0.25, -0.2) is 9.78 Å². The summed E-state index contributed by atoms with van der Waals surface area (Å²) in [5.74, 6) is 0.344. The molecule has 0 aromatic heterocycles. The van der Waals surface area contributed by atoms with Crippen LogP contribution in [-0.4, -0.2) is 25.4 Å². The van der Waals surface area contributed by atoms with E-state index in [1.807, 2.05) is 6.07 Å². The van der Waals surface area contributed by atoms with E-state index < -0.39 is 0 Å². The third kappa shape index (κ3) is 3.10. The molecule has 1 aromatic rings. The smallest absolute Gasteiger partial charge is 0.103 e. The molecule has 1 aromatic carbocycles. The molecule has 100 valence electrons. The fourth-order valence-electron chi connectivity index (χ4n) is 2.53. The molecular weight excluding hydrogens is 228 g/mol. The molecule has 3 heteroatoms. The Morgan fingerprint density at radius 1 is 1.28 bits per heavy atom. The van der Waals surface area contributed by atoms with Crippen LogP contribution in [0.1, 0.15) is 25.8 Å². The second-order valence-corrected chi connectivity index (χ2v) is 5.35. The third-order valence-electron chi connectivity index (χ3n) is 3.85. The van der Waals surface area contributed by atoms with Gasteiger partial charge in [-0.15, -0.1) is 0 Å². The monoisotopic (exact) mass is 250 g/mol. The van der Waals surface area contributed by atoms with Crippen LogP contribution in [0.2, 0.25) is 0 Å². The molecule has 0 saturated carbocycles. The summed E-state index contributed by atoms with van der Waals surface area (Å²) in [4.78, 5) is 10.7. The number of hydrogen-bond acceptors (Lipinski definition) is 3. The van der Waals surface area contributed by atoms with E-state index in [-0.39, 0.29) is 11.7 Å². The van der Waals surface area contributed by atoms with Crippen molar-refractivity contribution in [1.82, 2.24) is 0 Å². The lowest BCUT2D eigenvalue weighted by atomic mass is 9.81. The Bertz CT molecular complexity index is 361. The summed E-state index contributed by atoms with van der Waals surface area (Å²) in [6, 6.07) is 10.4.